The van der Waals surface area contributed by atoms with Crippen LogP contribution in [0.2, 0.25) is 0 Å². The van der Waals surface area contributed by atoms with E-state index >= 15 is 0 Å². The Hall–Kier alpha value is -1.66. The average Bonchev–Trinajstić information content (AvgIpc) is 3.20. The minimum absolute atomic E-state index is 0.0398. The van der Waals surface area contributed by atoms with Crippen molar-refractivity contribution in [3.05, 3.63) is 34.9 Å². The van der Waals surface area contributed by atoms with Crippen molar-refractivity contribution in [2.24, 2.45) is 5.41 Å². The molecule has 1 unspecified atom stereocenters. The van der Waals surface area contributed by atoms with E-state index in [2.05, 4.69) is 15.3 Å². The summed E-state index contributed by atoms with van der Waals surface area (Å²) in [5, 5.41) is 7.87. The van der Waals surface area contributed by atoms with E-state index < -0.39 is 0 Å². The Kier molecular flexibility index (Phi) is 3.08. The number of nitrogens with one attached hydrogen (secondary N) is 1. The third kappa shape index (κ3) is 2.28. The molecule has 0 aliphatic carbocycles. The topological polar surface area (TPSA) is 54.6 Å². The van der Waals surface area contributed by atoms with Crippen LogP contribution in [0.15, 0.2) is 29.2 Å². The van der Waals surface area contributed by atoms with Gasteiger partial charge in [0.2, 0.25) is 0 Å². The average molecular weight is 287 g/mol. The molecular weight excluding hydrogens is 266 g/mol. The van der Waals surface area contributed by atoms with Gasteiger partial charge in [0.15, 0.2) is 5.65 Å². The molecule has 0 bridgehead atoms. The molecule has 6 nitrogen and oxygen atoms in total. The second-order valence-corrected chi connectivity index (χ2v) is 6.39. The smallest absolute Gasteiger partial charge is 0.316 e. The third-order valence-electron chi connectivity index (χ3n) is 4.97. The number of fused-ring (bicyclic) bond motifs is 1. The Labute approximate surface area is 123 Å². The zero-order valence-electron chi connectivity index (χ0n) is 12.2. The summed E-state index contributed by atoms with van der Waals surface area (Å²) in [4.78, 5) is 14.7. The van der Waals surface area contributed by atoms with E-state index in [0.29, 0.717) is 12.0 Å². The Bertz CT molecular complexity index is 697. The molecule has 21 heavy (non-hydrogen) atoms. The van der Waals surface area contributed by atoms with Crippen LogP contribution < -0.4 is 11.0 Å². The first-order chi connectivity index (χ1) is 10.3. The quantitative estimate of drug-likeness (QED) is 0.875. The van der Waals surface area contributed by atoms with Crippen LogP contribution in [0.25, 0.3) is 5.65 Å². The molecule has 2 saturated heterocycles. The Morgan fingerprint density at radius 2 is 2.24 bits per heavy atom. The van der Waals surface area contributed by atoms with Crippen molar-refractivity contribution >= 4 is 5.65 Å². The van der Waals surface area contributed by atoms with Crippen molar-refractivity contribution in [2.45, 2.75) is 19.4 Å². The second-order valence-electron chi connectivity index (χ2n) is 6.39. The van der Waals surface area contributed by atoms with Crippen LogP contribution in [0, 0.1) is 5.41 Å². The number of aromatic nitrogens is 3. The van der Waals surface area contributed by atoms with E-state index in [1.807, 2.05) is 18.2 Å². The molecule has 2 aliphatic heterocycles. The normalized spacial score (nSPS) is 26.3. The minimum atomic E-state index is -0.0398. The van der Waals surface area contributed by atoms with Crippen molar-refractivity contribution in [3.63, 3.8) is 0 Å². The maximum Gasteiger partial charge on any atom is 0.350 e. The van der Waals surface area contributed by atoms with Crippen molar-refractivity contribution in [2.75, 3.05) is 32.7 Å². The molecule has 4 heterocycles. The molecule has 2 fully saturated rings. The summed E-state index contributed by atoms with van der Waals surface area (Å²) in [5.74, 6) is 0. The SMILES string of the molecule is O=c1n(CCN2CCC3(CCNC3)C2)nc2ccccn12. The summed E-state index contributed by atoms with van der Waals surface area (Å²) in [6.45, 7) is 6.18. The Balaban J connectivity index is 1.44. The molecule has 6 heteroatoms. The van der Waals surface area contributed by atoms with Crippen molar-refractivity contribution in [3.8, 4) is 0 Å². The van der Waals surface area contributed by atoms with Crippen LogP contribution >= 0.6 is 0 Å². The summed E-state index contributed by atoms with van der Waals surface area (Å²) in [6, 6.07) is 5.63. The molecule has 1 atom stereocenters. The van der Waals surface area contributed by atoms with E-state index in [4.69, 9.17) is 0 Å². The molecule has 2 aromatic rings. The molecule has 0 aromatic carbocycles. The Morgan fingerprint density at radius 1 is 1.29 bits per heavy atom. The molecule has 0 amide bonds. The van der Waals surface area contributed by atoms with Gasteiger partial charge in [0.1, 0.15) is 0 Å². The molecular formula is C15H21N5O. The highest BCUT2D eigenvalue weighted by molar-refractivity contribution is 5.35. The van der Waals surface area contributed by atoms with E-state index in [1.165, 1.54) is 12.8 Å². The molecule has 1 spiro atoms. The highest BCUT2D eigenvalue weighted by atomic mass is 16.2. The summed E-state index contributed by atoms with van der Waals surface area (Å²) in [5.41, 5.74) is 1.17. The highest BCUT2D eigenvalue weighted by Crippen LogP contribution is 2.35. The fraction of sp³-hybridized carbons (Fsp3) is 0.600. The van der Waals surface area contributed by atoms with E-state index in [9.17, 15) is 4.79 Å². The molecule has 0 radical (unpaired) electrons. The maximum atomic E-state index is 12.2. The van der Waals surface area contributed by atoms with Gasteiger partial charge in [-0.2, -0.15) is 0 Å². The van der Waals surface area contributed by atoms with Crippen molar-refractivity contribution in [1.29, 1.82) is 0 Å². The molecule has 4 rings (SSSR count). The van der Waals surface area contributed by atoms with Gasteiger partial charge in [-0.05, 0) is 43.5 Å². The van der Waals surface area contributed by atoms with Crippen molar-refractivity contribution < 1.29 is 0 Å². The number of pyridine rings is 1. The summed E-state index contributed by atoms with van der Waals surface area (Å²) in [7, 11) is 0. The zero-order valence-corrected chi connectivity index (χ0v) is 12.2. The zero-order chi connectivity index (χ0) is 14.3. The number of nitrogens with zero attached hydrogens (tertiary/aromatic N) is 4. The van der Waals surface area contributed by atoms with Gasteiger partial charge in [0, 0.05) is 25.8 Å². The van der Waals surface area contributed by atoms with Crippen LogP contribution in [0.5, 0.6) is 0 Å². The maximum absolute atomic E-state index is 12.2. The minimum Gasteiger partial charge on any atom is -0.316 e. The van der Waals surface area contributed by atoms with Crippen LogP contribution in [0.3, 0.4) is 0 Å². The Morgan fingerprint density at radius 3 is 3.05 bits per heavy atom. The van der Waals surface area contributed by atoms with Gasteiger partial charge in [0.05, 0.1) is 6.54 Å². The summed E-state index contributed by atoms with van der Waals surface area (Å²) in [6.07, 6.45) is 4.34. The monoisotopic (exact) mass is 287 g/mol. The first-order valence-electron chi connectivity index (χ1n) is 7.73. The van der Waals surface area contributed by atoms with Gasteiger partial charge in [-0.25, -0.2) is 9.48 Å². The van der Waals surface area contributed by atoms with Crippen LogP contribution in [0.4, 0.5) is 0 Å². The van der Waals surface area contributed by atoms with Gasteiger partial charge in [-0.15, -0.1) is 5.10 Å². The number of likely N-dealkylation sites (tertiary alicyclic amines) is 1. The van der Waals surface area contributed by atoms with Crippen LogP contribution in [0.1, 0.15) is 12.8 Å². The summed E-state index contributed by atoms with van der Waals surface area (Å²) < 4.78 is 3.19. The standard InChI is InChI=1S/C15H21N5O/c21-14-19-7-2-1-3-13(19)17-20(14)10-9-18-8-5-15(12-18)4-6-16-11-15/h1-3,7,16H,4-6,8-12H2. The largest absolute Gasteiger partial charge is 0.350 e. The predicted octanol–water partition coefficient (Wildman–Crippen LogP) is 0.181. The van der Waals surface area contributed by atoms with Crippen LogP contribution in [-0.2, 0) is 6.54 Å². The summed E-state index contributed by atoms with van der Waals surface area (Å²) >= 11 is 0. The molecule has 1 N–H and O–H groups in total. The molecule has 2 aliphatic rings. The van der Waals surface area contributed by atoms with E-state index in [0.717, 1.165) is 38.4 Å². The molecule has 2 aromatic heterocycles. The highest BCUT2D eigenvalue weighted by Gasteiger charge is 2.39. The number of hydrogen-bond donors (Lipinski definition) is 1. The van der Waals surface area contributed by atoms with Crippen LogP contribution in [-0.4, -0.2) is 51.8 Å². The predicted molar refractivity (Wildman–Crippen MR) is 80.4 cm³/mol. The lowest BCUT2D eigenvalue weighted by Gasteiger charge is -2.22. The lowest BCUT2D eigenvalue weighted by atomic mass is 9.87. The third-order valence-corrected chi connectivity index (χ3v) is 4.97. The van der Waals surface area contributed by atoms with E-state index in [1.54, 1.807) is 15.3 Å². The van der Waals surface area contributed by atoms with Gasteiger partial charge in [-0.1, -0.05) is 6.07 Å². The van der Waals surface area contributed by atoms with Gasteiger partial charge in [0.25, 0.3) is 0 Å². The van der Waals surface area contributed by atoms with Gasteiger partial charge < -0.3 is 10.2 Å². The van der Waals surface area contributed by atoms with Gasteiger partial charge >= 0.3 is 5.69 Å². The van der Waals surface area contributed by atoms with Gasteiger partial charge in [-0.3, -0.25) is 4.40 Å². The first-order valence-corrected chi connectivity index (χ1v) is 7.73. The first kappa shape index (κ1) is 13.0. The second kappa shape index (κ2) is 4.96. The number of hydrogen-bond acceptors (Lipinski definition) is 4. The lowest BCUT2D eigenvalue weighted by molar-refractivity contribution is 0.262. The fourth-order valence-corrected chi connectivity index (χ4v) is 3.71. The molecule has 0 saturated carbocycles. The van der Waals surface area contributed by atoms with E-state index in [-0.39, 0.29) is 5.69 Å². The number of rotatable bonds is 3. The molecule has 112 valence electrons. The fourth-order valence-electron chi connectivity index (χ4n) is 3.71. The van der Waals surface area contributed by atoms with Crippen molar-refractivity contribution in [1.82, 2.24) is 24.4 Å². The lowest BCUT2D eigenvalue weighted by Crippen LogP contribution is -2.33.